The molecule has 0 heterocycles. The molecule has 0 aliphatic heterocycles. The first-order valence-corrected chi connectivity index (χ1v) is 10.6. The van der Waals surface area contributed by atoms with Crippen LogP contribution in [0.15, 0.2) is 78.9 Å². The predicted molar refractivity (Wildman–Crippen MR) is 125 cm³/mol. The number of nitrogens with one attached hydrogen (secondary N) is 2. The van der Waals surface area contributed by atoms with Gasteiger partial charge in [0.05, 0.1) is 19.3 Å². The summed E-state index contributed by atoms with van der Waals surface area (Å²) in [5.74, 6) is 1.49. The third kappa shape index (κ3) is 8.15. The Morgan fingerprint density at radius 1 is 0.871 bits per heavy atom. The quantitative estimate of drug-likeness (QED) is 0.469. The molecule has 3 rings (SSSR count). The molecular formula is C26H30N2O3. The van der Waals surface area contributed by atoms with E-state index in [1.807, 2.05) is 80.6 Å². The lowest BCUT2D eigenvalue weighted by molar-refractivity contribution is -0.115. The van der Waals surface area contributed by atoms with E-state index >= 15 is 0 Å². The maximum Gasteiger partial charge on any atom is 0.238 e. The van der Waals surface area contributed by atoms with Gasteiger partial charge in [0.1, 0.15) is 11.5 Å². The highest BCUT2D eigenvalue weighted by molar-refractivity contribution is 5.92. The van der Waals surface area contributed by atoms with Crippen molar-refractivity contribution in [2.75, 3.05) is 18.5 Å². The van der Waals surface area contributed by atoms with E-state index in [0.717, 1.165) is 29.2 Å². The number of amides is 1. The van der Waals surface area contributed by atoms with Crippen molar-refractivity contribution in [1.29, 1.82) is 0 Å². The summed E-state index contributed by atoms with van der Waals surface area (Å²) in [5.41, 5.74) is 3.05. The summed E-state index contributed by atoms with van der Waals surface area (Å²) < 4.78 is 11.5. The summed E-state index contributed by atoms with van der Waals surface area (Å²) in [4.78, 5) is 12.3. The van der Waals surface area contributed by atoms with Crippen LogP contribution in [0.4, 0.5) is 5.69 Å². The van der Waals surface area contributed by atoms with Gasteiger partial charge in [-0.05, 0) is 49.2 Å². The smallest absolute Gasteiger partial charge is 0.238 e. The summed E-state index contributed by atoms with van der Waals surface area (Å²) in [6.45, 7) is 5.42. The minimum Gasteiger partial charge on any atom is -0.493 e. The summed E-state index contributed by atoms with van der Waals surface area (Å²) in [7, 11) is 0. The van der Waals surface area contributed by atoms with E-state index in [1.165, 1.54) is 5.56 Å². The van der Waals surface area contributed by atoms with Gasteiger partial charge in [-0.25, -0.2) is 0 Å². The maximum absolute atomic E-state index is 12.3. The van der Waals surface area contributed by atoms with Gasteiger partial charge in [-0.3, -0.25) is 4.79 Å². The zero-order valence-electron chi connectivity index (χ0n) is 18.1. The summed E-state index contributed by atoms with van der Waals surface area (Å²) >= 11 is 0. The first-order chi connectivity index (χ1) is 15.1. The summed E-state index contributed by atoms with van der Waals surface area (Å²) in [5, 5.41) is 6.07. The molecule has 0 radical (unpaired) electrons. The average Bonchev–Trinajstić information content (AvgIpc) is 2.76. The monoisotopic (exact) mass is 418 g/mol. The van der Waals surface area contributed by atoms with Crippen LogP contribution in [0.2, 0.25) is 0 Å². The van der Waals surface area contributed by atoms with Gasteiger partial charge < -0.3 is 20.1 Å². The number of rotatable bonds is 11. The van der Waals surface area contributed by atoms with Gasteiger partial charge in [0.2, 0.25) is 5.91 Å². The number of anilines is 1. The fourth-order valence-corrected chi connectivity index (χ4v) is 3.08. The lowest BCUT2D eigenvalue weighted by Crippen LogP contribution is -2.27. The average molecular weight is 419 g/mol. The Kier molecular flexibility index (Phi) is 8.49. The molecule has 31 heavy (non-hydrogen) atoms. The van der Waals surface area contributed by atoms with Crippen LogP contribution in [0.1, 0.15) is 25.0 Å². The topological polar surface area (TPSA) is 59.6 Å². The van der Waals surface area contributed by atoms with E-state index in [4.69, 9.17) is 9.47 Å². The van der Waals surface area contributed by atoms with Gasteiger partial charge in [-0.2, -0.15) is 0 Å². The first-order valence-electron chi connectivity index (χ1n) is 10.6. The molecule has 0 spiro atoms. The SMILES string of the molecule is CC(C)Oc1ccc(CNCC(=O)Nc2cccc(OCCc3ccccc3)c2)cc1. The van der Waals surface area contributed by atoms with Crippen molar-refractivity contribution in [2.45, 2.75) is 32.9 Å². The summed E-state index contributed by atoms with van der Waals surface area (Å²) in [6.07, 6.45) is 0.992. The molecule has 0 aromatic heterocycles. The van der Waals surface area contributed by atoms with Crippen molar-refractivity contribution in [3.05, 3.63) is 90.0 Å². The molecule has 0 atom stereocenters. The molecule has 0 bridgehead atoms. The molecule has 0 saturated carbocycles. The highest BCUT2D eigenvalue weighted by atomic mass is 16.5. The number of ether oxygens (including phenoxy) is 2. The van der Waals surface area contributed by atoms with Crippen molar-refractivity contribution in [2.24, 2.45) is 0 Å². The fraction of sp³-hybridized carbons (Fsp3) is 0.269. The highest BCUT2D eigenvalue weighted by Gasteiger charge is 2.04. The number of carbonyl (C=O) groups is 1. The lowest BCUT2D eigenvalue weighted by atomic mass is 10.2. The van der Waals surface area contributed by atoms with Gasteiger partial charge in [-0.1, -0.05) is 48.5 Å². The first kappa shape index (κ1) is 22.4. The van der Waals surface area contributed by atoms with Gasteiger partial charge in [0.25, 0.3) is 0 Å². The minimum atomic E-state index is -0.0961. The number of hydrogen-bond acceptors (Lipinski definition) is 4. The Labute approximate surface area is 184 Å². The third-order valence-corrected chi connectivity index (χ3v) is 4.53. The zero-order valence-corrected chi connectivity index (χ0v) is 18.1. The second-order valence-corrected chi connectivity index (χ2v) is 7.57. The molecule has 3 aromatic rings. The molecule has 3 aromatic carbocycles. The second kappa shape index (κ2) is 11.8. The van der Waals surface area contributed by atoms with Crippen LogP contribution in [0.25, 0.3) is 0 Å². The molecule has 0 saturated heterocycles. The second-order valence-electron chi connectivity index (χ2n) is 7.57. The molecule has 162 valence electrons. The predicted octanol–water partition coefficient (Wildman–Crippen LogP) is 4.82. The zero-order chi connectivity index (χ0) is 21.9. The van der Waals surface area contributed by atoms with Gasteiger partial charge in [0.15, 0.2) is 0 Å². The number of benzene rings is 3. The lowest BCUT2D eigenvalue weighted by Gasteiger charge is -2.11. The van der Waals surface area contributed by atoms with E-state index in [2.05, 4.69) is 22.8 Å². The third-order valence-electron chi connectivity index (χ3n) is 4.53. The van der Waals surface area contributed by atoms with E-state index in [1.54, 1.807) is 0 Å². The van der Waals surface area contributed by atoms with Crippen LogP contribution in [-0.4, -0.2) is 25.2 Å². The molecule has 0 fully saturated rings. The summed E-state index contributed by atoms with van der Waals surface area (Å²) in [6, 6.07) is 25.6. The molecule has 1 amide bonds. The van der Waals surface area contributed by atoms with Crippen molar-refractivity contribution >= 4 is 11.6 Å². The maximum atomic E-state index is 12.3. The molecule has 5 heteroatoms. The van der Waals surface area contributed by atoms with Crippen LogP contribution in [-0.2, 0) is 17.8 Å². The molecule has 5 nitrogen and oxygen atoms in total. The molecule has 0 aliphatic rings. The van der Waals surface area contributed by atoms with Crippen molar-refractivity contribution in [3.63, 3.8) is 0 Å². The van der Waals surface area contributed by atoms with Crippen LogP contribution >= 0.6 is 0 Å². The number of carbonyl (C=O) groups excluding carboxylic acids is 1. The molecular weight excluding hydrogens is 388 g/mol. The van der Waals surface area contributed by atoms with Crippen LogP contribution < -0.4 is 20.1 Å². The Morgan fingerprint density at radius 2 is 1.65 bits per heavy atom. The van der Waals surface area contributed by atoms with Crippen LogP contribution in [0.3, 0.4) is 0 Å². The van der Waals surface area contributed by atoms with E-state index < -0.39 is 0 Å². The normalized spacial score (nSPS) is 10.7. The minimum absolute atomic E-state index is 0.0961. The fourth-order valence-electron chi connectivity index (χ4n) is 3.08. The molecule has 0 aliphatic carbocycles. The standard InChI is InChI=1S/C26H30N2O3/c1-20(2)31-24-13-11-22(12-14-24)18-27-19-26(29)28-23-9-6-10-25(17-23)30-16-15-21-7-4-3-5-8-21/h3-14,17,20,27H,15-16,18-19H2,1-2H3,(H,28,29). The largest absolute Gasteiger partial charge is 0.493 e. The van der Waals surface area contributed by atoms with E-state index in [-0.39, 0.29) is 18.6 Å². The van der Waals surface area contributed by atoms with E-state index in [9.17, 15) is 4.79 Å². The van der Waals surface area contributed by atoms with Crippen molar-refractivity contribution < 1.29 is 14.3 Å². The Hall–Kier alpha value is -3.31. The highest BCUT2D eigenvalue weighted by Crippen LogP contribution is 2.18. The van der Waals surface area contributed by atoms with Crippen LogP contribution in [0, 0.1) is 0 Å². The molecule has 2 N–H and O–H groups in total. The Morgan fingerprint density at radius 3 is 2.39 bits per heavy atom. The Bertz CT molecular complexity index is 940. The number of hydrogen-bond donors (Lipinski definition) is 2. The van der Waals surface area contributed by atoms with Gasteiger partial charge in [0, 0.05) is 24.7 Å². The Balaban J connectivity index is 1.39. The van der Waals surface area contributed by atoms with Gasteiger partial charge in [-0.15, -0.1) is 0 Å². The van der Waals surface area contributed by atoms with Crippen LogP contribution in [0.5, 0.6) is 11.5 Å². The van der Waals surface area contributed by atoms with Crippen molar-refractivity contribution in [1.82, 2.24) is 5.32 Å². The van der Waals surface area contributed by atoms with Gasteiger partial charge >= 0.3 is 0 Å². The molecule has 0 unspecified atom stereocenters. The van der Waals surface area contributed by atoms with Crippen molar-refractivity contribution in [3.8, 4) is 11.5 Å². The van der Waals surface area contributed by atoms with E-state index in [0.29, 0.717) is 13.2 Å².